The van der Waals surface area contributed by atoms with Crippen LogP contribution in [-0.2, 0) is 17.9 Å². The van der Waals surface area contributed by atoms with Crippen molar-refractivity contribution in [1.82, 2.24) is 4.90 Å². The van der Waals surface area contributed by atoms with E-state index in [2.05, 4.69) is 0 Å². The highest BCUT2D eigenvalue weighted by molar-refractivity contribution is 5.81. The zero-order valence-electron chi connectivity index (χ0n) is 10.9. The molecule has 5 heteroatoms. The van der Waals surface area contributed by atoms with Crippen LogP contribution in [0.3, 0.4) is 0 Å². The average Bonchev–Trinajstić information content (AvgIpc) is 3.09. The Morgan fingerprint density at radius 3 is 2.11 bits per heavy atom. The van der Waals surface area contributed by atoms with Crippen LogP contribution < -0.4 is 5.73 Å². The van der Waals surface area contributed by atoms with Crippen molar-refractivity contribution in [3.8, 4) is 0 Å². The van der Waals surface area contributed by atoms with E-state index in [0.717, 1.165) is 11.5 Å². The Bertz CT molecular complexity index is 455. The highest BCUT2D eigenvalue weighted by Crippen LogP contribution is 2.12. The van der Waals surface area contributed by atoms with Crippen molar-refractivity contribution in [2.45, 2.75) is 32.5 Å². The molecule has 0 spiro atoms. The highest BCUT2D eigenvalue weighted by Gasteiger charge is 2.21. The standard InChI is InChI=1S/C14H18N2O3/c1-2-13(15)14(17)16(9-11-5-3-7-18-11)10-12-6-4-8-19-12/h3-8,13H,2,9-10,15H2,1H3/t13-/m1/s1. The summed E-state index contributed by atoms with van der Waals surface area (Å²) in [6, 6.07) is 6.76. The number of amides is 1. The minimum absolute atomic E-state index is 0.102. The van der Waals surface area contributed by atoms with E-state index in [-0.39, 0.29) is 5.91 Å². The van der Waals surface area contributed by atoms with Gasteiger partial charge in [-0.2, -0.15) is 0 Å². The number of nitrogens with zero attached hydrogens (tertiary/aromatic N) is 1. The molecule has 0 aliphatic carbocycles. The predicted molar refractivity (Wildman–Crippen MR) is 69.9 cm³/mol. The van der Waals surface area contributed by atoms with Gasteiger partial charge in [0.05, 0.1) is 31.7 Å². The van der Waals surface area contributed by atoms with Gasteiger partial charge in [0.1, 0.15) is 11.5 Å². The molecule has 2 rings (SSSR count). The third-order valence-corrected chi connectivity index (χ3v) is 2.92. The summed E-state index contributed by atoms with van der Waals surface area (Å²) in [5.41, 5.74) is 5.82. The second-order valence-corrected chi connectivity index (χ2v) is 4.37. The number of nitrogens with two attached hydrogens (primary N) is 1. The molecule has 0 aliphatic heterocycles. The fraction of sp³-hybridized carbons (Fsp3) is 0.357. The molecule has 2 N–H and O–H groups in total. The first kappa shape index (κ1) is 13.4. The number of carbonyl (C=O) groups is 1. The quantitative estimate of drug-likeness (QED) is 0.865. The maximum atomic E-state index is 12.2. The van der Waals surface area contributed by atoms with Crippen LogP contribution in [0.1, 0.15) is 24.9 Å². The Morgan fingerprint density at radius 1 is 1.21 bits per heavy atom. The summed E-state index contributed by atoms with van der Waals surface area (Å²) in [7, 11) is 0. The fourth-order valence-electron chi connectivity index (χ4n) is 1.80. The molecule has 2 aromatic heterocycles. The molecule has 19 heavy (non-hydrogen) atoms. The zero-order chi connectivity index (χ0) is 13.7. The van der Waals surface area contributed by atoms with Gasteiger partial charge in [-0.3, -0.25) is 4.79 Å². The first-order chi connectivity index (χ1) is 9.20. The second-order valence-electron chi connectivity index (χ2n) is 4.37. The summed E-state index contributed by atoms with van der Waals surface area (Å²) in [6.45, 7) is 2.67. The van der Waals surface area contributed by atoms with Crippen molar-refractivity contribution in [3.63, 3.8) is 0 Å². The Kier molecular flexibility index (Phi) is 4.41. The van der Waals surface area contributed by atoms with E-state index >= 15 is 0 Å². The van der Waals surface area contributed by atoms with Gasteiger partial charge in [0.2, 0.25) is 5.91 Å². The van der Waals surface area contributed by atoms with E-state index in [4.69, 9.17) is 14.6 Å². The first-order valence-electron chi connectivity index (χ1n) is 6.29. The molecule has 0 saturated carbocycles. The molecule has 2 aromatic rings. The van der Waals surface area contributed by atoms with Gasteiger partial charge in [0.25, 0.3) is 0 Å². The summed E-state index contributed by atoms with van der Waals surface area (Å²) in [5.74, 6) is 1.35. The van der Waals surface area contributed by atoms with Crippen LogP contribution in [0.5, 0.6) is 0 Å². The molecule has 102 valence electrons. The molecule has 0 radical (unpaired) electrons. The average molecular weight is 262 g/mol. The number of hydrogen-bond acceptors (Lipinski definition) is 4. The molecule has 0 aromatic carbocycles. The van der Waals surface area contributed by atoms with E-state index in [1.807, 2.05) is 19.1 Å². The fourth-order valence-corrected chi connectivity index (χ4v) is 1.80. The van der Waals surface area contributed by atoms with Crippen molar-refractivity contribution >= 4 is 5.91 Å². The van der Waals surface area contributed by atoms with Crippen molar-refractivity contribution in [1.29, 1.82) is 0 Å². The van der Waals surface area contributed by atoms with Gasteiger partial charge in [0, 0.05) is 0 Å². The van der Waals surface area contributed by atoms with Crippen LogP contribution in [-0.4, -0.2) is 16.8 Å². The Labute approximate surface area is 112 Å². The smallest absolute Gasteiger partial charge is 0.240 e. The molecular weight excluding hydrogens is 244 g/mol. The van der Waals surface area contributed by atoms with Crippen molar-refractivity contribution in [2.75, 3.05) is 0 Å². The Hall–Kier alpha value is -2.01. The van der Waals surface area contributed by atoms with E-state index in [0.29, 0.717) is 19.5 Å². The van der Waals surface area contributed by atoms with E-state index < -0.39 is 6.04 Å². The van der Waals surface area contributed by atoms with Gasteiger partial charge in [-0.15, -0.1) is 0 Å². The Balaban J connectivity index is 2.10. The van der Waals surface area contributed by atoms with Gasteiger partial charge in [0.15, 0.2) is 0 Å². The molecule has 1 atom stereocenters. The van der Waals surface area contributed by atoms with Crippen LogP contribution in [0.2, 0.25) is 0 Å². The Morgan fingerprint density at radius 2 is 1.74 bits per heavy atom. The van der Waals surface area contributed by atoms with E-state index in [1.54, 1.807) is 29.6 Å². The molecule has 1 amide bonds. The molecule has 2 heterocycles. The third-order valence-electron chi connectivity index (χ3n) is 2.92. The van der Waals surface area contributed by atoms with E-state index in [9.17, 15) is 4.79 Å². The van der Waals surface area contributed by atoms with Crippen LogP contribution in [0.15, 0.2) is 45.6 Å². The monoisotopic (exact) mass is 262 g/mol. The second kappa shape index (κ2) is 6.24. The summed E-state index contributed by atoms with van der Waals surface area (Å²) in [5, 5.41) is 0. The maximum absolute atomic E-state index is 12.2. The van der Waals surface area contributed by atoms with Crippen molar-refractivity contribution < 1.29 is 13.6 Å². The minimum atomic E-state index is -0.495. The van der Waals surface area contributed by atoms with Crippen LogP contribution >= 0.6 is 0 Å². The third kappa shape index (κ3) is 3.48. The number of furan rings is 2. The molecule has 5 nitrogen and oxygen atoms in total. The lowest BCUT2D eigenvalue weighted by Crippen LogP contribution is -2.42. The first-order valence-corrected chi connectivity index (χ1v) is 6.29. The van der Waals surface area contributed by atoms with Crippen LogP contribution in [0.25, 0.3) is 0 Å². The summed E-state index contributed by atoms with van der Waals surface area (Å²) in [6.07, 6.45) is 3.78. The topological polar surface area (TPSA) is 72.6 Å². The predicted octanol–water partition coefficient (Wildman–Crippen LogP) is 2.14. The lowest BCUT2D eigenvalue weighted by Gasteiger charge is -2.23. The maximum Gasteiger partial charge on any atom is 0.240 e. The minimum Gasteiger partial charge on any atom is -0.467 e. The van der Waals surface area contributed by atoms with Crippen molar-refractivity contribution in [2.24, 2.45) is 5.73 Å². The van der Waals surface area contributed by atoms with Gasteiger partial charge < -0.3 is 19.5 Å². The molecule has 0 unspecified atom stereocenters. The van der Waals surface area contributed by atoms with Gasteiger partial charge in [-0.1, -0.05) is 6.92 Å². The summed E-state index contributed by atoms with van der Waals surface area (Å²) >= 11 is 0. The van der Waals surface area contributed by atoms with Gasteiger partial charge in [-0.05, 0) is 30.7 Å². The lowest BCUT2D eigenvalue weighted by molar-refractivity contribution is -0.134. The zero-order valence-corrected chi connectivity index (χ0v) is 10.9. The molecule has 0 fully saturated rings. The summed E-state index contributed by atoms with van der Waals surface area (Å²) < 4.78 is 10.6. The largest absolute Gasteiger partial charge is 0.467 e. The van der Waals surface area contributed by atoms with E-state index in [1.165, 1.54) is 0 Å². The van der Waals surface area contributed by atoms with Gasteiger partial charge in [-0.25, -0.2) is 0 Å². The molecular formula is C14H18N2O3. The molecule has 0 bridgehead atoms. The lowest BCUT2D eigenvalue weighted by atomic mass is 10.2. The number of rotatable bonds is 6. The normalized spacial score (nSPS) is 12.3. The highest BCUT2D eigenvalue weighted by atomic mass is 16.3. The van der Waals surface area contributed by atoms with Crippen LogP contribution in [0.4, 0.5) is 0 Å². The summed E-state index contributed by atoms with van der Waals surface area (Å²) in [4.78, 5) is 13.9. The number of carbonyl (C=O) groups excluding carboxylic acids is 1. The SMILES string of the molecule is CC[C@@H](N)C(=O)N(Cc1ccco1)Cc1ccco1. The molecule has 0 saturated heterocycles. The molecule has 0 aliphatic rings. The number of hydrogen-bond donors (Lipinski definition) is 1. The van der Waals surface area contributed by atoms with Gasteiger partial charge >= 0.3 is 0 Å². The van der Waals surface area contributed by atoms with Crippen LogP contribution in [0, 0.1) is 0 Å². The van der Waals surface area contributed by atoms with Crippen molar-refractivity contribution in [3.05, 3.63) is 48.3 Å².